The monoisotopic (exact) mass is 495 g/mol. The van der Waals surface area contributed by atoms with Crippen molar-refractivity contribution in [2.45, 2.75) is 32.7 Å². The van der Waals surface area contributed by atoms with Crippen LogP contribution in [0.1, 0.15) is 35.3 Å². The van der Waals surface area contributed by atoms with E-state index in [2.05, 4.69) is 5.32 Å². The minimum Gasteiger partial charge on any atom is -0.508 e. The van der Waals surface area contributed by atoms with Crippen molar-refractivity contribution in [2.75, 3.05) is 26.3 Å². The SMILES string of the molecule is CC(=O)Oc1ccc([C@@H](O)CNCCc2ccc(OCCOCc3ccc(O)cc3)cc2)cc1CO. The number of phenols is 1. The molecular formula is C28H33NO7. The summed E-state index contributed by atoms with van der Waals surface area (Å²) < 4.78 is 16.4. The Morgan fingerprint density at radius 1 is 0.972 bits per heavy atom. The molecule has 36 heavy (non-hydrogen) atoms. The van der Waals surface area contributed by atoms with Crippen LogP contribution in [0.15, 0.2) is 66.7 Å². The van der Waals surface area contributed by atoms with Crippen LogP contribution >= 0.6 is 0 Å². The number of hydrogen-bond donors (Lipinski definition) is 4. The molecule has 3 rings (SSSR count). The standard InChI is InChI=1S/C28H33NO7/c1-20(31)36-28-11-6-23(16-24(28)18-30)27(33)17-29-13-12-21-4-9-26(10-5-21)35-15-14-34-19-22-2-7-25(32)8-3-22/h2-11,16,27,29-30,32-33H,12-15,17-19H2,1H3/t27-/m0/s1. The zero-order chi connectivity index (χ0) is 25.8. The predicted molar refractivity (Wildman–Crippen MR) is 135 cm³/mol. The highest BCUT2D eigenvalue weighted by Crippen LogP contribution is 2.24. The van der Waals surface area contributed by atoms with Gasteiger partial charge in [0.15, 0.2) is 0 Å². The molecule has 0 aliphatic carbocycles. The second kappa shape index (κ2) is 14.2. The fraction of sp³-hybridized carbons (Fsp3) is 0.321. The number of carbonyl (C=O) groups excluding carboxylic acids is 1. The van der Waals surface area contributed by atoms with Gasteiger partial charge in [0.2, 0.25) is 0 Å². The van der Waals surface area contributed by atoms with E-state index in [0.717, 1.165) is 23.3 Å². The maximum atomic E-state index is 11.2. The lowest BCUT2D eigenvalue weighted by atomic mass is 10.0. The smallest absolute Gasteiger partial charge is 0.308 e. The molecule has 0 spiro atoms. The number of ether oxygens (including phenoxy) is 3. The number of aliphatic hydroxyl groups excluding tert-OH is 2. The molecular weight excluding hydrogens is 462 g/mol. The van der Waals surface area contributed by atoms with Crippen molar-refractivity contribution in [1.82, 2.24) is 5.32 Å². The molecule has 3 aromatic carbocycles. The summed E-state index contributed by atoms with van der Waals surface area (Å²) in [6.45, 7) is 3.41. The predicted octanol–water partition coefficient (Wildman–Crippen LogP) is 3.27. The molecule has 0 unspecified atom stereocenters. The largest absolute Gasteiger partial charge is 0.508 e. The molecule has 0 saturated carbocycles. The van der Waals surface area contributed by atoms with Gasteiger partial charge in [-0.2, -0.15) is 0 Å². The Hall–Kier alpha value is -3.43. The van der Waals surface area contributed by atoms with Gasteiger partial charge in [-0.3, -0.25) is 4.79 Å². The van der Waals surface area contributed by atoms with Crippen molar-refractivity contribution in [1.29, 1.82) is 0 Å². The first-order chi connectivity index (χ1) is 17.4. The molecule has 1 atom stereocenters. The topological polar surface area (TPSA) is 117 Å². The maximum Gasteiger partial charge on any atom is 0.308 e. The molecule has 8 heteroatoms. The zero-order valence-electron chi connectivity index (χ0n) is 20.4. The van der Waals surface area contributed by atoms with E-state index in [-0.39, 0.29) is 12.4 Å². The molecule has 0 aromatic heterocycles. The van der Waals surface area contributed by atoms with Gasteiger partial charge in [0.1, 0.15) is 23.9 Å². The summed E-state index contributed by atoms with van der Waals surface area (Å²) in [5.41, 5.74) is 3.22. The van der Waals surface area contributed by atoms with Gasteiger partial charge >= 0.3 is 5.97 Å². The summed E-state index contributed by atoms with van der Waals surface area (Å²) in [4.78, 5) is 11.2. The fourth-order valence-electron chi connectivity index (χ4n) is 3.53. The third kappa shape index (κ3) is 8.98. The van der Waals surface area contributed by atoms with Gasteiger partial charge < -0.3 is 34.8 Å². The van der Waals surface area contributed by atoms with Crippen molar-refractivity contribution in [3.8, 4) is 17.2 Å². The van der Waals surface area contributed by atoms with Crippen LogP contribution in [-0.2, 0) is 29.2 Å². The molecule has 3 aromatic rings. The van der Waals surface area contributed by atoms with E-state index in [9.17, 15) is 20.1 Å². The Morgan fingerprint density at radius 2 is 1.69 bits per heavy atom. The third-order valence-corrected chi connectivity index (χ3v) is 5.45. The molecule has 4 N–H and O–H groups in total. The van der Waals surface area contributed by atoms with E-state index in [4.69, 9.17) is 14.2 Å². The van der Waals surface area contributed by atoms with Gasteiger partial charge in [-0.15, -0.1) is 0 Å². The Kier molecular flexibility index (Phi) is 10.7. The van der Waals surface area contributed by atoms with Crippen LogP contribution in [0.4, 0.5) is 0 Å². The van der Waals surface area contributed by atoms with Crippen molar-refractivity contribution in [3.05, 3.63) is 89.0 Å². The summed E-state index contributed by atoms with van der Waals surface area (Å²) in [6, 6.07) is 19.7. The fourth-order valence-corrected chi connectivity index (χ4v) is 3.53. The van der Waals surface area contributed by atoms with E-state index in [1.54, 1.807) is 30.3 Å². The molecule has 0 saturated heterocycles. The van der Waals surface area contributed by atoms with Gasteiger partial charge in [0.25, 0.3) is 0 Å². The summed E-state index contributed by atoms with van der Waals surface area (Å²) in [6.07, 6.45) is 0.0319. The molecule has 0 amide bonds. The first-order valence-electron chi connectivity index (χ1n) is 11.8. The molecule has 0 bridgehead atoms. The lowest BCUT2D eigenvalue weighted by Crippen LogP contribution is -2.24. The normalized spacial score (nSPS) is 11.8. The lowest BCUT2D eigenvalue weighted by Gasteiger charge is -2.15. The van der Waals surface area contributed by atoms with E-state index >= 15 is 0 Å². The summed E-state index contributed by atoms with van der Waals surface area (Å²) in [7, 11) is 0. The Labute approximate surface area is 211 Å². The van der Waals surface area contributed by atoms with Crippen LogP contribution in [0.25, 0.3) is 0 Å². The van der Waals surface area contributed by atoms with Gasteiger partial charge in [0.05, 0.1) is 25.9 Å². The van der Waals surface area contributed by atoms with E-state index in [1.165, 1.54) is 6.92 Å². The van der Waals surface area contributed by atoms with Crippen molar-refractivity contribution >= 4 is 5.97 Å². The number of aliphatic hydroxyl groups is 2. The molecule has 0 radical (unpaired) electrons. The number of carbonyl (C=O) groups is 1. The first kappa shape index (κ1) is 27.2. The second-order valence-corrected chi connectivity index (χ2v) is 8.30. The molecule has 0 aliphatic heterocycles. The number of phenolic OH excluding ortho intramolecular Hbond substituents is 1. The van der Waals surface area contributed by atoms with E-state index in [0.29, 0.717) is 49.8 Å². The number of hydrogen-bond acceptors (Lipinski definition) is 8. The number of aromatic hydroxyl groups is 1. The van der Waals surface area contributed by atoms with E-state index < -0.39 is 12.1 Å². The highest BCUT2D eigenvalue weighted by molar-refractivity contribution is 5.69. The van der Waals surface area contributed by atoms with Crippen LogP contribution in [0, 0.1) is 0 Å². The number of nitrogens with one attached hydrogen (secondary N) is 1. The van der Waals surface area contributed by atoms with Crippen molar-refractivity contribution < 1.29 is 34.3 Å². The average molecular weight is 496 g/mol. The number of benzene rings is 3. The van der Waals surface area contributed by atoms with Crippen LogP contribution in [0.3, 0.4) is 0 Å². The molecule has 0 fully saturated rings. The average Bonchev–Trinajstić information content (AvgIpc) is 2.88. The van der Waals surface area contributed by atoms with E-state index in [1.807, 2.05) is 36.4 Å². The van der Waals surface area contributed by atoms with Gasteiger partial charge in [-0.1, -0.05) is 30.3 Å². The maximum absolute atomic E-state index is 11.2. The quantitative estimate of drug-likeness (QED) is 0.153. The second-order valence-electron chi connectivity index (χ2n) is 8.30. The molecule has 0 heterocycles. The van der Waals surface area contributed by atoms with Crippen molar-refractivity contribution in [2.24, 2.45) is 0 Å². The highest BCUT2D eigenvalue weighted by Gasteiger charge is 2.12. The van der Waals surface area contributed by atoms with Gasteiger partial charge in [-0.25, -0.2) is 0 Å². The zero-order valence-corrected chi connectivity index (χ0v) is 20.4. The molecule has 8 nitrogen and oxygen atoms in total. The minimum atomic E-state index is -0.756. The van der Waals surface area contributed by atoms with Gasteiger partial charge in [0, 0.05) is 19.0 Å². The third-order valence-electron chi connectivity index (χ3n) is 5.45. The molecule has 0 aliphatic rings. The van der Waals surface area contributed by atoms with Crippen LogP contribution in [0.5, 0.6) is 17.2 Å². The number of rotatable bonds is 14. The Bertz CT molecular complexity index is 1080. The molecule has 192 valence electrons. The highest BCUT2D eigenvalue weighted by atomic mass is 16.5. The lowest BCUT2D eigenvalue weighted by molar-refractivity contribution is -0.131. The van der Waals surface area contributed by atoms with Crippen molar-refractivity contribution in [3.63, 3.8) is 0 Å². The summed E-state index contributed by atoms with van der Waals surface area (Å²) in [5.74, 6) is 0.839. The first-order valence-corrected chi connectivity index (χ1v) is 11.8. The Balaban J connectivity index is 1.33. The Morgan fingerprint density at radius 3 is 2.39 bits per heavy atom. The van der Waals surface area contributed by atoms with Crippen LogP contribution in [0.2, 0.25) is 0 Å². The minimum absolute atomic E-state index is 0.237. The summed E-state index contributed by atoms with van der Waals surface area (Å²) >= 11 is 0. The van der Waals surface area contributed by atoms with Crippen LogP contribution in [-0.4, -0.2) is 47.6 Å². The number of esters is 1. The van der Waals surface area contributed by atoms with Gasteiger partial charge in [-0.05, 0) is 66.1 Å². The van der Waals surface area contributed by atoms with Crippen LogP contribution < -0.4 is 14.8 Å². The summed E-state index contributed by atoms with van der Waals surface area (Å²) in [5, 5.41) is 32.5.